The van der Waals surface area contributed by atoms with Crippen molar-refractivity contribution >= 4 is 16.9 Å². The number of ether oxygens (including phenoxy) is 3. The summed E-state index contributed by atoms with van der Waals surface area (Å²) in [6.07, 6.45) is 2.43. The van der Waals surface area contributed by atoms with E-state index in [1.807, 2.05) is 36.4 Å². The van der Waals surface area contributed by atoms with Crippen LogP contribution in [0.2, 0.25) is 0 Å². The molecule has 0 N–H and O–H groups in total. The number of benzene rings is 2. The van der Waals surface area contributed by atoms with Crippen LogP contribution >= 0.6 is 0 Å². The molecule has 5 heteroatoms. The monoisotopic (exact) mass is 327 g/mol. The van der Waals surface area contributed by atoms with E-state index < -0.39 is 0 Å². The van der Waals surface area contributed by atoms with E-state index in [0.717, 1.165) is 41.4 Å². The largest absolute Gasteiger partial charge is 0.496 e. The van der Waals surface area contributed by atoms with Gasteiger partial charge < -0.3 is 19.1 Å². The van der Waals surface area contributed by atoms with E-state index in [0.29, 0.717) is 13.1 Å². The first kappa shape index (κ1) is 16.2. The fourth-order valence-corrected chi connectivity index (χ4v) is 3.01. The van der Waals surface area contributed by atoms with Crippen LogP contribution in [0.25, 0.3) is 10.8 Å². The van der Waals surface area contributed by atoms with E-state index in [1.165, 1.54) is 0 Å². The van der Waals surface area contributed by atoms with Crippen molar-refractivity contribution in [1.29, 1.82) is 0 Å². The minimum Gasteiger partial charge on any atom is -0.496 e. The third kappa shape index (κ3) is 3.30. The van der Waals surface area contributed by atoms with E-state index in [9.17, 15) is 4.79 Å². The van der Waals surface area contributed by atoms with Crippen LogP contribution in [0.15, 0.2) is 49.2 Å². The lowest BCUT2D eigenvalue weighted by Gasteiger charge is -2.31. The highest BCUT2D eigenvalue weighted by Crippen LogP contribution is 2.33. The zero-order valence-corrected chi connectivity index (χ0v) is 13.7. The second-order valence-electron chi connectivity index (χ2n) is 5.67. The van der Waals surface area contributed by atoms with Gasteiger partial charge in [-0.25, -0.2) is 4.79 Å². The van der Waals surface area contributed by atoms with E-state index in [1.54, 1.807) is 12.0 Å². The molecule has 0 atom stereocenters. The molecular formula is C19H21NO4. The average molecular weight is 327 g/mol. The molecule has 1 aliphatic heterocycles. The van der Waals surface area contributed by atoms with E-state index in [4.69, 9.17) is 14.2 Å². The van der Waals surface area contributed by atoms with Crippen LogP contribution in [0.4, 0.5) is 4.79 Å². The summed E-state index contributed by atoms with van der Waals surface area (Å²) in [5, 5.41) is 2.06. The molecule has 2 aromatic carbocycles. The van der Waals surface area contributed by atoms with E-state index >= 15 is 0 Å². The van der Waals surface area contributed by atoms with Gasteiger partial charge in [-0.15, -0.1) is 0 Å². The number of rotatable bonds is 4. The highest BCUT2D eigenvalue weighted by Gasteiger charge is 2.25. The number of hydrogen-bond acceptors (Lipinski definition) is 4. The summed E-state index contributed by atoms with van der Waals surface area (Å²) in [4.78, 5) is 13.4. The lowest BCUT2D eigenvalue weighted by Crippen LogP contribution is -2.41. The first-order valence-electron chi connectivity index (χ1n) is 8.01. The standard InChI is InChI=1S/C19H21NO4/c1-3-23-19(21)20-12-10-14(11-13-20)24-18-9-5-6-15-16(18)7-4-8-17(15)22-2/h3-9,14H,1,10-13H2,2H3. The van der Waals surface area contributed by atoms with Crippen LogP contribution in [-0.4, -0.2) is 37.3 Å². The van der Waals surface area contributed by atoms with Crippen molar-refractivity contribution in [3.05, 3.63) is 49.2 Å². The summed E-state index contributed by atoms with van der Waals surface area (Å²) in [6.45, 7) is 4.64. The Labute approximate surface area is 141 Å². The van der Waals surface area contributed by atoms with Gasteiger partial charge in [-0.2, -0.15) is 0 Å². The molecule has 2 aromatic rings. The predicted molar refractivity (Wildman–Crippen MR) is 92.4 cm³/mol. The number of piperidine rings is 1. The van der Waals surface area contributed by atoms with Crippen molar-refractivity contribution in [2.45, 2.75) is 18.9 Å². The molecule has 1 saturated heterocycles. The van der Waals surface area contributed by atoms with Crippen LogP contribution in [-0.2, 0) is 4.74 Å². The lowest BCUT2D eigenvalue weighted by atomic mass is 10.1. The number of likely N-dealkylation sites (tertiary alicyclic amines) is 1. The summed E-state index contributed by atoms with van der Waals surface area (Å²) in [6, 6.07) is 11.9. The Morgan fingerprint density at radius 3 is 2.38 bits per heavy atom. The minimum absolute atomic E-state index is 0.0783. The maximum Gasteiger partial charge on any atom is 0.414 e. The molecule has 1 amide bonds. The maximum absolute atomic E-state index is 11.7. The number of carbonyl (C=O) groups excluding carboxylic acids is 1. The molecule has 1 aliphatic rings. The number of fused-ring (bicyclic) bond motifs is 1. The average Bonchev–Trinajstić information content (AvgIpc) is 2.62. The fourth-order valence-electron chi connectivity index (χ4n) is 3.01. The van der Waals surface area contributed by atoms with Crippen LogP contribution in [0.1, 0.15) is 12.8 Å². The number of amides is 1. The van der Waals surface area contributed by atoms with Gasteiger partial charge >= 0.3 is 6.09 Å². The molecule has 0 radical (unpaired) electrons. The molecule has 0 aromatic heterocycles. The molecule has 0 unspecified atom stereocenters. The summed E-state index contributed by atoms with van der Waals surface area (Å²) >= 11 is 0. The quantitative estimate of drug-likeness (QED) is 0.797. The lowest BCUT2D eigenvalue weighted by molar-refractivity contribution is 0.0867. The molecule has 1 heterocycles. The maximum atomic E-state index is 11.7. The Kier molecular flexibility index (Phi) is 4.89. The minimum atomic E-state index is -0.349. The number of nitrogens with zero attached hydrogens (tertiary/aromatic N) is 1. The number of hydrogen-bond donors (Lipinski definition) is 0. The van der Waals surface area contributed by atoms with Gasteiger partial charge in [0.05, 0.1) is 13.4 Å². The topological polar surface area (TPSA) is 48.0 Å². The van der Waals surface area contributed by atoms with Crippen molar-refractivity contribution in [2.75, 3.05) is 20.2 Å². The van der Waals surface area contributed by atoms with Crippen molar-refractivity contribution in [3.8, 4) is 11.5 Å². The highest BCUT2D eigenvalue weighted by atomic mass is 16.5. The number of carbonyl (C=O) groups is 1. The first-order chi connectivity index (χ1) is 11.7. The molecule has 24 heavy (non-hydrogen) atoms. The Hall–Kier alpha value is -2.69. The van der Waals surface area contributed by atoms with Crippen LogP contribution < -0.4 is 9.47 Å². The summed E-state index contributed by atoms with van der Waals surface area (Å²) in [5.74, 6) is 1.68. The molecular weight excluding hydrogens is 306 g/mol. The van der Waals surface area contributed by atoms with Gasteiger partial charge in [-0.1, -0.05) is 30.8 Å². The molecule has 0 bridgehead atoms. The third-order valence-corrected chi connectivity index (χ3v) is 4.24. The summed E-state index contributed by atoms with van der Waals surface area (Å²) in [7, 11) is 1.67. The molecule has 0 spiro atoms. The highest BCUT2D eigenvalue weighted by molar-refractivity contribution is 5.93. The number of methoxy groups -OCH3 is 1. The van der Waals surface area contributed by atoms with Crippen molar-refractivity contribution in [1.82, 2.24) is 4.90 Å². The van der Waals surface area contributed by atoms with Gasteiger partial charge in [-0.3, -0.25) is 0 Å². The first-order valence-corrected chi connectivity index (χ1v) is 8.01. The Bertz CT molecular complexity index is 735. The van der Waals surface area contributed by atoms with E-state index in [-0.39, 0.29) is 12.2 Å². The normalized spacial score (nSPS) is 15.1. The summed E-state index contributed by atoms with van der Waals surface area (Å²) in [5.41, 5.74) is 0. The van der Waals surface area contributed by atoms with Gasteiger partial charge in [0.15, 0.2) is 0 Å². The van der Waals surface area contributed by atoms with Gasteiger partial charge in [0.1, 0.15) is 17.6 Å². The van der Waals surface area contributed by atoms with Crippen LogP contribution in [0.5, 0.6) is 11.5 Å². The van der Waals surface area contributed by atoms with Crippen molar-refractivity contribution < 1.29 is 19.0 Å². The zero-order chi connectivity index (χ0) is 16.9. The Balaban J connectivity index is 1.71. The molecule has 126 valence electrons. The second-order valence-corrected chi connectivity index (χ2v) is 5.67. The molecule has 1 fully saturated rings. The van der Waals surface area contributed by atoms with Gasteiger partial charge in [0.25, 0.3) is 0 Å². The molecule has 0 aliphatic carbocycles. The fraction of sp³-hybridized carbons (Fsp3) is 0.316. The molecule has 5 nitrogen and oxygen atoms in total. The summed E-state index contributed by atoms with van der Waals surface area (Å²) < 4.78 is 16.4. The molecule has 3 rings (SSSR count). The van der Waals surface area contributed by atoms with Gasteiger partial charge in [0.2, 0.25) is 0 Å². The van der Waals surface area contributed by atoms with Crippen molar-refractivity contribution in [2.24, 2.45) is 0 Å². The third-order valence-electron chi connectivity index (χ3n) is 4.24. The van der Waals surface area contributed by atoms with Crippen LogP contribution in [0.3, 0.4) is 0 Å². The zero-order valence-electron chi connectivity index (χ0n) is 13.7. The van der Waals surface area contributed by atoms with Gasteiger partial charge in [-0.05, 0) is 12.1 Å². The van der Waals surface area contributed by atoms with Gasteiger partial charge in [0, 0.05) is 36.7 Å². The Morgan fingerprint density at radius 1 is 1.12 bits per heavy atom. The van der Waals surface area contributed by atoms with Crippen molar-refractivity contribution in [3.63, 3.8) is 0 Å². The van der Waals surface area contributed by atoms with E-state index in [2.05, 4.69) is 6.58 Å². The molecule has 0 saturated carbocycles. The SMILES string of the molecule is C=COC(=O)N1CCC(Oc2cccc3c(OC)cccc23)CC1. The van der Waals surface area contributed by atoms with Crippen LogP contribution in [0, 0.1) is 0 Å². The predicted octanol–water partition coefficient (Wildman–Crippen LogP) is 3.97. The Morgan fingerprint density at radius 2 is 1.75 bits per heavy atom. The second kappa shape index (κ2) is 7.25. The smallest absolute Gasteiger partial charge is 0.414 e.